The fourth-order valence-corrected chi connectivity index (χ4v) is 11.1. The van der Waals surface area contributed by atoms with Crippen LogP contribution in [0, 0.1) is 0 Å². The molecule has 0 unspecified atom stereocenters. The highest BCUT2D eigenvalue weighted by Gasteiger charge is 2.26. The van der Waals surface area contributed by atoms with E-state index in [1.165, 1.54) is 92.1 Å². The van der Waals surface area contributed by atoms with Crippen LogP contribution >= 0.6 is 11.3 Å². The predicted octanol–water partition coefficient (Wildman–Crippen LogP) is 18.7. The summed E-state index contributed by atoms with van der Waals surface area (Å²) in [5.74, 6) is 0. The van der Waals surface area contributed by atoms with Crippen molar-refractivity contribution in [1.29, 1.82) is 0 Å². The molecule has 2 heteroatoms. The quantitative estimate of drug-likeness (QED) is 0.140. The highest BCUT2D eigenvalue weighted by Crippen LogP contribution is 2.53. The Balaban J connectivity index is 1.10. The Morgan fingerprint density at radius 3 is 1.33 bits per heavy atom. The lowest BCUT2D eigenvalue weighted by atomic mass is 9.77. The van der Waals surface area contributed by atoms with E-state index < -0.39 is 0 Å². The van der Waals surface area contributed by atoms with Crippen LogP contribution in [0.3, 0.4) is 0 Å². The van der Waals surface area contributed by atoms with Crippen LogP contribution in [0.2, 0.25) is 0 Å². The van der Waals surface area contributed by atoms with E-state index >= 15 is 0 Å². The van der Waals surface area contributed by atoms with Gasteiger partial charge in [0, 0.05) is 37.2 Å². The van der Waals surface area contributed by atoms with Crippen molar-refractivity contribution in [2.24, 2.45) is 0 Å². The third-order valence-corrected chi connectivity index (χ3v) is 14.0. The second kappa shape index (κ2) is 17.0. The lowest BCUT2D eigenvalue weighted by molar-refractivity contribution is 1.29. The second-order valence-electron chi connectivity index (χ2n) is 16.8. The summed E-state index contributed by atoms with van der Waals surface area (Å²) in [4.78, 5) is 2.41. The Hall–Kier alpha value is -8.30. The number of benzene rings is 11. The SMILES string of the molecule is c1ccc(-c2cccc(N(c3ccc(-c4cccc5c(-c6ccccc6)c(-c6ccccc6)c(-c6ccccc6)c(-c6ccccc6)c45)cc3)c3ccc4c(c3)sc3ccccc34)c2)cc1. The molecule has 12 aromatic rings. The average molecular weight is 858 g/mol. The van der Waals surface area contributed by atoms with E-state index in [1.807, 2.05) is 11.3 Å². The molecular weight excluding hydrogens is 815 g/mol. The van der Waals surface area contributed by atoms with Crippen molar-refractivity contribution in [3.05, 3.63) is 261 Å². The molecule has 0 amide bonds. The summed E-state index contributed by atoms with van der Waals surface area (Å²) in [5.41, 5.74) is 17.7. The molecule has 0 saturated carbocycles. The Bertz CT molecular complexity index is 3660. The van der Waals surface area contributed by atoms with Gasteiger partial charge in [-0.2, -0.15) is 0 Å². The molecule has 11 aromatic carbocycles. The number of rotatable bonds is 9. The van der Waals surface area contributed by atoms with Gasteiger partial charge in [0.1, 0.15) is 0 Å². The maximum atomic E-state index is 2.41. The largest absolute Gasteiger partial charge is 0.310 e. The fraction of sp³-hybridized carbons (Fsp3) is 0. The lowest BCUT2D eigenvalue weighted by Crippen LogP contribution is -2.10. The van der Waals surface area contributed by atoms with Gasteiger partial charge in [-0.3, -0.25) is 0 Å². The van der Waals surface area contributed by atoms with Crippen LogP contribution in [0.4, 0.5) is 17.1 Å². The average Bonchev–Trinajstić information content (AvgIpc) is 3.77. The second-order valence-corrected chi connectivity index (χ2v) is 17.9. The maximum absolute atomic E-state index is 2.41. The lowest BCUT2D eigenvalue weighted by Gasteiger charge is -2.27. The van der Waals surface area contributed by atoms with Crippen LogP contribution < -0.4 is 4.90 Å². The minimum Gasteiger partial charge on any atom is -0.310 e. The molecule has 0 radical (unpaired) electrons. The summed E-state index contributed by atoms with van der Waals surface area (Å²) in [6.45, 7) is 0. The number of hydrogen-bond donors (Lipinski definition) is 0. The van der Waals surface area contributed by atoms with E-state index in [-0.39, 0.29) is 0 Å². The molecule has 0 fully saturated rings. The Morgan fingerprint density at radius 2 is 0.697 bits per heavy atom. The molecular formula is C64H43NS. The van der Waals surface area contributed by atoms with Crippen molar-refractivity contribution in [3.63, 3.8) is 0 Å². The van der Waals surface area contributed by atoms with Gasteiger partial charge in [-0.1, -0.05) is 218 Å². The minimum absolute atomic E-state index is 1.09. The van der Waals surface area contributed by atoms with Crippen molar-refractivity contribution in [2.45, 2.75) is 0 Å². The van der Waals surface area contributed by atoms with Crippen LogP contribution in [0.25, 0.3) is 97.7 Å². The Labute approximate surface area is 389 Å². The van der Waals surface area contributed by atoms with Crippen LogP contribution in [0.1, 0.15) is 0 Å². The molecule has 1 nitrogen and oxygen atoms in total. The zero-order valence-electron chi connectivity index (χ0n) is 36.2. The molecule has 0 atom stereocenters. The van der Waals surface area contributed by atoms with Gasteiger partial charge in [0.2, 0.25) is 0 Å². The molecule has 310 valence electrons. The van der Waals surface area contributed by atoms with Gasteiger partial charge in [0.05, 0.1) is 0 Å². The first kappa shape index (κ1) is 39.3. The van der Waals surface area contributed by atoms with Crippen molar-refractivity contribution >= 4 is 59.3 Å². The van der Waals surface area contributed by atoms with Gasteiger partial charge in [0.15, 0.2) is 0 Å². The maximum Gasteiger partial charge on any atom is 0.0476 e. The van der Waals surface area contributed by atoms with Crippen LogP contribution in [-0.2, 0) is 0 Å². The first-order valence-electron chi connectivity index (χ1n) is 22.6. The minimum atomic E-state index is 1.09. The molecule has 66 heavy (non-hydrogen) atoms. The highest BCUT2D eigenvalue weighted by molar-refractivity contribution is 7.25. The molecule has 0 aliphatic carbocycles. The zero-order chi connectivity index (χ0) is 43.8. The summed E-state index contributed by atoms with van der Waals surface area (Å²) < 4.78 is 2.58. The summed E-state index contributed by atoms with van der Waals surface area (Å²) >= 11 is 1.86. The molecule has 12 rings (SSSR count). The molecule has 0 spiro atoms. The highest BCUT2D eigenvalue weighted by atomic mass is 32.1. The fourth-order valence-electron chi connectivity index (χ4n) is 9.91. The van der Waals surface area contributed by atoms with Crippen molar-refractivity contribution in [2.75, 3.05) is 4.90 Å². The zero-order valence-corrected chi connectivity index (χ0v) is 37.0. The smallest absolute Gasteiger partial charge is 0.0476 e. The molecule has 0 saturated heterocycles. The monoisotopic (exact) mass is 857 g/mol. The van der Waals surface area contributed by atoms with Gasteiger partial charge in [-0.25, -0.2) is 0 Å². The summed E-state index contributed by atoms with van der Waals surface area (Å²) in [5, 5.41) is 5.04. The van der Waals surface area contributed by atoms with Gasteiger partial charge < -0.3 is 4.90 Å². The topological polar surface area (TPSA) is 3.24 Å². The standard InChI is InChI=1S/C64H43NS/c1-6-20-44(21-7-1)50-30-18-31-52(42-50)65(53-40-41-56-55-32-16-17-35-58(55)66-59(56)43-53)51-38-36-45(37-39-51)54-33-19-34-57-60(46-22-8-2-9-23-46)61(47-24-10-3-11-25-47)62(48-26-12-4-13-27-48)63(64(54)57)49-28-14-5-15-29-49/h1-43H. The van der Waals surface area contributed by atoms with Crippen molar-refractivity contribution < 1.29 is 0 Å². The molecule has 0 aliphatic rings. The van der Waals surface area contributed by atoms with E-state index in [1.54, 1.807) is 0 Å². The van der Waals surface area contributed by atoms with Crippen molar-refractivity contribution in [3.8, 4) is 66.8 Å². The Morgan fingerprint density at radius 1 is 0.242 bits per heavy atom. The first-order chi connectivity index (χ1) is 32.8. The number of fused-ring (bicyclic) bond motifs is 4. The summed E-state index contributed by atoms with van der Waals surface area (Å²) in [7, 11) is 0. The number of hydrogen-bond acceptors (Lipinski definition) is 2. The summed E-state index contributed by atoms with van der Waals surface area (Å²) in [6, 6.07) is 95.2. The molecule has 1 heterocycles. The van der Waals surface area contributed by atoms with Gasteiger partial charge in [-0.05, 0) is 120 Å². The van der Waals surface area contributed by atoms with E-state index in [4.69, 9.17) is 0 Å². The third kappa shape index (κ3) is 7.05. The predicted molar refractivity (Wildman–Crippen MR) is 284 cm³/mol. The number of nitrogens with zero attached hydrogens (tertiary/aromatic N) is 1. The Kier molecular flexibility index (Phi) is 10.1. The molecule has 0 bridgehead atoms. The van der Waals surface area contributed by atoms with E-state index in [0.29, 0.717) is 0 Å². The van der Waals surface area contributed by atoms with Crippen LogP contribution in [0.5, 0.6) is 0 Å². The molecule has 0 aliphatic heterocycles. The number of thiophene rings is 1. The van der Waals surface area contributed by atoms with Gasteiger partial charge in [0.25, 0.3) is 0 Å². The van der Waals surface area contributed by atoms with Crippen molar-refractivity contribution in [1.82, 2.24) is 0 Å². The molecule has 0 N–H and O–H groups in total. The third-order valence-electron chi connectivity index (χ3n) is 12.9. The van der Waals surface area contributed by atoms with Gasteiger partial charge in [-0.15, -0.1) is 11.3 Å². The number of anilines is 3. The van der Waals surface area contributed by atoms with E-state index in [9.17, 15) is 0 Å². The van der Waals surface area contributed by atoms with Crippen LogP contribution in [-0.4, -0.2) is 0 Å². The summed E-state index contributed by atoms with van der Waals surface area (Å²) in [6.07, 6.45) is 0. The van der Waals surface area contributed by atoms with Crippen LogP contribution in [0.15, 0.2) is 261 Å². The normalized spacial score (nSPS) is 11.3. The first-order valence-corrected chi connectivity index (χ1v) is 23.4. The molecule has 1 aromatic heterocycles. The van der Waals surface area contributed by atoms with E-state index in [0.717, 1.165) is 22.6 Å². The van der Waals surface area contributed by atoms with E-state index in [2.05, 4.69) is 266 Å². The van der Waals surface area contributed by atoms with Gasteiger partial charge >= 0.3 is 0 Å².